The Kier molecular flexibility index (Phi) is 9.35. The zero-order valence-electron chi connectivity index (χ0n) is 24.5. The lowest BCUT2D eigenvalue weighted by molar-refractivity contribution is -0.128. The zero-order chi connectivity index (χ0) is 29.6. The van der Waals surface area contributed by atoms with E-state index in [4.69, 9.17) is 13.9 Å². The SMILES string of the molecule is C=CCOC(=O)N[C@@H]1C(=O)N(c2ccc(OC)cc2)[C@@H]1[C@@H](C)CO[Si](c1ccccc1)(c1ccccc1)C(C)(C)C. The number of carbonyl (C=O) groups is 2. The number of β-lactam (4-membered cyclic amide) rings is 1. The molecule has 41 heavy (non-hydrogen) atoms. The third kappa shape index (κ3) is 6.09. The predicted molar refractivity (Wildman–Crippen MR) is 165 cm³/mol. The lowest BCUT2D eigenvalue weighted by Crippen LogP contribution is -2.74. The minimum absolute atomic E-state index is 0.0616. The van der Waals surface area contributed by atoms with Gasteiger partial charge in [0.25, 0.3) is 14.2 Å². The van der Waals surface area contributed by atoms with Crippen LogP contribution in [0.3, 0.4) is 0 Å². The molecule has 1 N–H and O–H groups in total. The van der Waals surface area contributed by atoms with Gasteiger partial charge in [0.05, 0.1) is 13.2 Å². The van der Waals surface area contributed by atoms with Crippen molar-refractivity contribution in [3.8, 4) is 5.75 Å². The summed E-state index contributed by atoms with van der Waals surface area (Å²) in [5.41, 5.74) is 0.732. The maximum atomic E-state index is 13.4. The first kappa shape index (κ1) is 30.1. The van der Waals surface area contributed by atoms with Gasteiger partial charge in [0.15, 0.2) is 0 Å². The van der Waals surface area contributed by atoms with Gasteiger partial charge in [-0.3, -0.25) is 4.79 Å². The van der Waals surface area contributed by atoms with Crippen molar-refractivity contribution in [2.45, 2.75) is 44.8 Å². The Morgan fingerprint density at radius 2 is 1.56 bits per heavy atom. The number of hydrogen-bond donors (Lipinski definition) is 1. The normalized spacial score (nSPS) is 17.8. The summed E-state index contributed by atoms with van der Waals surface area (Å²) in [6.07, 6.45) is 0.839. The Morgan fingerprint density at radius 1 is 1.00 bits per heavy atom. The van der Waals surface area contributed by atoms with Crippen LogP contribution in [-0.4, -0.2) is 52.7 Å². The standard InChI is InChI=1S/C33H40N2O5Si/c1-7-22-39-32(37)34-29-30(35(31(29)36)25-18-20-26(38-6)21-19-25)24(2)23-40-41(33(3,4)5,27-14-10-8-11-15-27)28-16-12-9-13-17-28/h7-21,24,29-30H,1,22-23H2,2-6H3,(H,34,37)/t24-,29-,30+/m0/s1. The van der Waals surface area contributed by atoms with Crippen LogP contribution >= 0.6 is 0 Å². The Bertz CT molecular complexity index is 1290. The highest BCUT2D eigenvalue weighted by Crippen LogP contribution is 2.39. The first-order valence-corrected chi connectivity index (χ1v) is 15.8. The largest absolute Gasteiger partial charge is 0.497 e. The molecule has 1 heterocycles. The van der Waals surface area contributed by atoms with Gasteiger partial charge < -0.3 is 24.1 Å². The molecule has 0 saturated carbocycles. The van der Waals surface area contributed by atoms with E-state index in [0.29, 0.717) is 12.4 Å². The molecular formula is C33H40N2O5Si. The number of carbonyl (C=O) groups excluding carboxylic acids is 2. The van der Waals surface area contributed by atoms with Crippen molar-refractivity contribution in [2.24, 2.45) is 5.92 Å². The molecule has 4 rings (SSSR count). The third-order valence-corrected chi connectivity index (χ3v) is 12.7. The highest BCUT2D eigenvalue weighted by Gasteiger charge is 2.54. The number of nitrogens with zero attached hydrogens (tertiary/aromatic N) is 1. The minimum atomic E-state index is -2.79. The predicted octanol–water partition coefficient (Wildman–Crippen LogP) is 4.90. The molecule has 3 aromatic carbocycles. The fraction of sp³-hybridized carbons (Fsp3) is 0.333. The molecule has 1 aliphatic heterocycles. The summed E-state index contributed by atoms with van der Waals surface area (Å²) < 4.78 is 17.6. The second-order valence-corrected chi connectivity index (χ2v) is 15.7. The number of methoxy groups -OCH3 is 1. The van der Waals surface area contributed by atoms with Crippen molar-refractivity contribution in [1.29, 1.82) is 0 Å². The van der Waals surface area contributed by atoms with E-state index >= 15 is 0 Å². The van der Waals surface area contributed by atoms with E-state index in [1.807, 2.05) is 36.4 Å². The lowest BCUT2D eigenvalue weighted by Gasteiger charge is -2.51. The highest BCUT2D eigenvalue weighted by molar-refractivity contribution is 6.99. The van der Waals surface area contributed by atoms with Crippen LogP contribution in [0, 0.1) is 5.92 Å². The van der Waals surface area contributed by atoms with Crippen molar-refractivity contribution in [2.75, 3.05) is 25.2 Å². The van der Waals surface area contributed by atoms with E-state index in [1.54, 1.807) is 12.0 Å². The lowest BCUT2D eigenvalue weighted by atomic mass is 9.84. The van der Waals surface area contributed by atoms with Gasteiger partial charge in [0.1, 0.15) is 18.4 Å². The first-order chi connectivity index (χ1) is 19.6. The average molecular weight is 573 g/mol. The molecule has 3 aromatic rings. The quantitative estimate of drug-likeness (QED) is 0.201. The number of benzene rings is 3. The van der Waals surface area contributed by atoms with Crippen LogP contribution in [0.15, 0.2) is 97.6 Å². The van der Waals surface area contributed by atoms with E-state index in [0.717, 1.165) is 5.69 Å². The molecule has 1 saturated heterocycles. The summed E-state index contributed by atoms with van der Waals surface area (Å²) in [7, 11) is -1.19. The molecule has 216 valence electrons. The highest BCUT2D eigenvalue weighted by atomic mass is 28.4. The monoisotopic (exact) mass is 572 g/mol. The smallest absolute Gasteiger partial charge is 0.408 e. The molecular weight excluding hydrogens is 532 g/mol. The summed E-state index contributed by atoms with van der Waals surface area (Å²) in [5.74, 6) is 0.373. The molecule has 8 heteroatoms. The molecule has 7 nitrogen and oxygen atoms in total. The number of anilines is 1. The Balaban J connectivity index is 1.68. The van der Waals surface area contributed by atoms with Gasteiger partial charge in [-0.25, -0.2) is 4.79 Å². The van der Waals surface area contributed by atoms with Gasteiger partial charge >= 0.3 is 6.09 Å². The van der Waals surface area contributed by atoms with E-state index < -0.39 is 20.5 Å². The van der Waals surface area contributed by atoms with Crippen molar-refractivity contribution in [3.63, 3.8) is 0 Å². The van der Waals surface area contributed by atoms with Gasteiger partial charge in [0, 0.05) is 18.2 Å². The summed E-state index contributed by atoms with van der Waals surface area (Å²) >= 11 is 0. The molecule has 0 aromatic heterocycles. The fourth-order valence-corrected chi connectivity index (χ4v) is 10.4. The van der Waals surface area contributed by atoms with Gasteiger partial charge in [-0.05, 0) is 39.7 Å². The van der Waals surface area contributed by atoms with Crippen molar-refractivity contribution < 1.29 is 23.5 Å². The Labute approximate surface area is 244 Å². The van der Waals surface area contributed by atoms with E-state index in [1.165, 1.54) is 16.4 Å². The van der Waals surface area contributed by atoms with Crippen LogP contribution in [-0.2, 0) is 14.0 Å². The maximum Gasteiger partial charge on any atom is 0.408 e. The maximum absolute atomic E-state index is 13.4. The molecule has 3 atom stereocenters. The first-order valence-electron chi connectivity index (χ1n) is 13.9. The molecule has 0 unspecified atom stereocenters. The Morgan fingerprint density at radius 3 is 2.05 bits per heavy atom. The number of hydrogen-bond acceptors (Lipinski definition) is 5. The number of nitrogens with one attached hydrogen (secondary N) is 1. The molecule has 0 aliphatic carbocycles. The average Bonchev–Trinajstić information content (AvgIpc) is 2.98. The topological polar surface area (TPSA) is 77.1 Å². The number of ether oxygens (including phenoxy) is 2. The second-order valence-electron chi connectivity index (χ2n) is 11.4. The van der Waals surface area contributed by atoms with Crippen LogP contribution in [0.4, 0.5) is 10.5 Å². The van der Waals surface area contributed by atoms with Crippen molar-refractivity contribution in [3.05, 3.63) is 97.6 Å². The molecule has 0 spiro atoms. The summed E-state index contributed by atoms with van der Waals surface area (Å²) in [6, 6.07) is 27.2. The number of alkyl carbamates (subject to hydrolysis) is 1. The van der Waals surface area contributed by atoms with E-state index in [9.17, 15) is 9.59 Å². The van der Waals surface area contributed by atoms with Crippen LogP contribution in [0.5, 0.6) is 5.75 Å². The minimum Gasteiger partial charge on any atom is -0.497 e. The van der Waals surface area contributed by atoms with E-state index in [-0.39, 0.29) is 29.5 Å². The van der Waals surface area contributed by atoms with Gasteiger partial charge in [-0.2, -0.15) is 0 Å². The third-order valence-electron chi connectivity index (χ3n) is 7.66. The van der Waals surface area contributed by atoms with Crippen molar-refractivity contribution >= 4 is 36.4 Å². The second kappa shape index (κ2) is 12.7. The van der Waals surface area contributed by atoms with Crippen LogP contribution < -0.4 is 25.3 Å². The molecule has 0 radical (unpaired) electrons. The number of amides is 2. The molecule has 0 bridgehead atoms. The van der Waals surface area contributed by atoms with Crippen molar-refractivity contribution in [1.82, 2.24) is 5.32 Å². The molecule has 2 amide bonds. The zero-order valence-corrected chi connectivity index (χ0v) is 25.5. The summed E-state index contributed by atoms with van der Waals surface area (Å²) in [6.45, 7) is 12.8. The van der Waals surface area contributed by atoms with Crippen LogP contribution in [0.25, 0.3) is 0 Å². The van der Waals surface area contributed by atoms with Crippen LogP contribution in [0.2, 0.25) is 5.04 Å². The fourth-order valence-electron chi connectivity index (χ4n) is 5.70. The van der Waals surface area contributed by atoms with Gasteiger partial charge in [-0.1, -0.05) is 101 Å². The van der Waals surface area contributed by atoms with Crippen LogP contribution in [0.1, 0.15) is 27.7 Å². The summed E-state index contributed by atoms with van der Waals surface area (Å²) in [4.78, 5) is 27.6. The molecule has 1 fully saturated rings. The Hall–Kier alpha value is -3.88. The number of rotatable bonds is 11. The van der Waals surface area contributed by atoms with E-state index in [2.05, 4.69) is 88.1 Å². The molecule has 1 aliphatic rings. The van der Waals surface area contributed by atoms with Gasteiger partial charge in [0.2, 0.25) is 0 Å². The summed E-state index contributed by atoms with van der Waals surface area (Å²) in [5, 5.41) is 4.96. The van der Waals surface area contributed by atoms with Gasteiger partial charge in [-0.15, -0.1) is 0 Å².